The van der Waals surface area contributed by atoms with Crippen molar-refractivity contribution in [3.05, 3.63) is 35.9 Å². The first-order chi connectivity index (χ1) is 9.83. The minimum absolute atomic E-state index is 0.200. The molecule has 0 spiro atoms. The molecule has 0 saturated heterocycles. The van der Waals surface area contributed by atoms with Gasteiger partial charge in [0.05, 0.1) is 18.0 Å². The third kappa shape index (κ3) is 4.44. The maximum Gasteiger partial charge on any atom is 0.408 e. The second kappa shape index (κ2) is 5.77. The SMILES string of the molecule is Cn1cc(C(=O)N/N=C\c2ccn(CC(F)(F)F)n2)cn1. The van der Waals surface area contributed by atoms with E-state index in [0.717, 1.165) is 10.9 Å². The van der Waals surface area contributed by atoms with Gasteiger partial charge in [-0.05, 0) is 6.07 Å². The highest BCUT2D eigenvalue weighted by atomic mass is 19.4. The van der Waals surface area contributed by atoms with E-state index in [-0.39, 0.29) is 5.69 Å². The zero-order valence-electron chi connectivity index (χ0n) is 10.9. The molecule has 0 unspecified atom stereocenters. The number of hydrogen-bond acceptors (Lipinski definition) is 4. The summed E-state index contributed by atoms with van der Waals surface area (Å²) in [6, 6.07) is 1.35. The predicted molar refractivity (Wildman–Crippen MR) is 66.6 cm³/mol. The van der Waals surface area contributed by atoms with Crippen LogP contribution in [0.25, 0.3) is 0 Å². The molecule has 2 heterocycles. The first-order valence-electron chi connectivity index (χ1n) is 5.76. The van der Waals surface area contributed by atoms with Crippen molar-refractivity contribution in [2.75, 3.05) is 0 Å². The number of aryl methyl sites for hydroxylation is 1. The van der Waals surface area contributed by atoms with Crippen LogP contribution in [0.3, 0.4) is 0 Å². The molecule has 112 valence electrons. The average Bonchev–Trinajstić information content (AvgIpc) is 2.96. The lowest BCUT2D eigenvalue weighted by Gasteiger charge is -2.04. The third-order valence-corrected chi connectivity index (χ3v) is 2.33. The van der Waals surface area contributed by atoms with Crippen molar-refractivity contribution in [3.8, 4) is 0 Å². The van der Waals surface area contributed by atoms with Crippen molar-refractivity contribution < 1.29 is 18.0 Å². The maximum atomic E-state index is 12.1. The van der Waals surface area contributed by atoms with Gasteiger partial charge in [0.15, 0.2) is 0 Å². The van der Waals surface area contributed by atoms with Gasteiger partial charge in [0.1, 0.15) is 12.2 Å². The van der Waals surface area contributed by atoms with Crippen LogP contribution in [0.15, 0.2) is 29.8 Å². The molecule has 1 amide bonds. The van der Waals surface area contributed by atoms with Crippen LogP contribution in [0.5, 0.6) is 0 Å². The normalized spacial score (nSPS) is 12.0. The van der Waals surface area contributed by atoms with Gasteiger partial charge < -0.3 is 0 Å². The van der Waals surface area contributed by atoms with E-state index < -0.39 is 18.6 Å². The van der Waals surface area contributed by atoms with Gasteiger partial charge in [-0.3, -0.25) is 14.2 Å². The second-order valence-electron chi connectivity index (χ2n) is 4.16. The quantitative estimate of drug-likeness (QED) is 0.674. The number of aromatic nitrogens is 4. The monoisotopic (exact) mass is 300 g/mol. The molecule has 0 radical (unpaired) electrons. The minimum Gasteiger partial charge on any atom is -0.275 e. The van der Waals surface area contributed by atoms with E-state index in [1.54, 1.807) is 7.05 Å². The molecule has 0 aromatic carbocycles. The van der Waals surface area contributed by atoms with Crippen molar-refractivity contribution in [1.82, 2.24) is 25.0 Å². The smallest absolute Gasteiger partial charge is 0.275 e. The zero-order valence-corrected chi connectivity index (χ0v) is 10.9. The summed E-state index contributed by atoms with van der Waals surface area (Å²) in [5, 5.41) is 11.1. The summed E-state index contributed by atoms with van der Waals surface area (Å²) in [7, 11) is 1.66. The summed E-state index contributed by atoms with van der Waals surface area (Å²) in [4.78, 5) is 11.6. The van der Waals surface area contributed by atoms with Crippen LogP contribution in [0.4, 0.5) is 13.2 Å². The molecule has 7 nitrogen and oxygen atoms in total. The van der Waals surface area contributed by atoms with E-state index >= 15 is 0 Å². The number of alkyl halides is 3. The fourth-order valence-electron chi connectivity index (χ4n) is 1.48. The number of nitrogens with zero attached hydrogens (tertiary/aromatic N) is 5. The van der Waals surface area contributed by atoms with Gasteiger partial charge in [0.25, 0.3) is 5.91 Å². The number of amides is 1. The standard InChI is InChI=1S/C11H11F3N6O/c1-19-6-8(4-16-19)10(21)17-15-5-9-2-3-20(18-9)7-11(12,13)14/h2-6H,7H2,1H3,(H,17,21)/b15-5-. The highest BCUT2D eigenvalue weighted by Gasteiger charge is 2.28. The third-order valence-electron chi connectivity index (χ3n) is 2.33. The molecular weight excluding hydrogens is 289 g/mol. The van der Waals surface area contributed by atoms with Crippen LogP contribution in [0, 0.1) is 0 Å². The van der Waals surface area contributed by atoms with E-state index in [1.165, 1.54) is 29.3 Å². The molecule has 21 heavy (non-hydrogen) atoms. The molecule has 0 aliphatic carbocycles. The highest BCUT2D eigenvalue weighted by molar-refractivity contribution is 5.94. The van der Waals surface area contributed by atoms with Crippen LogP contribution in [0.2, 0.25) is 0 Å². The summed E-state index contributed by atoms with van der Waals surface area (Å²) in [5.74, 6) is -0.478. The molecule has 2 aromatic rings. The Balaban J connectivity index is 1.91. The fourth-order valence-corrected chi connectivity index (χ4v) is 1.48. The van der Waals surface area contributed by atoms with Crippen molar-refractivity contribution in [3.63, 3.8) is 0 Å². The average molecular weight is 300 g/mol. The number of halogens is 3. The summed E-state index contributed by atoms with van der Waals surface area (Å²) in [5.41, 5.74) is 2.74. The van der Waals surface area contributed by atoms with E-state index in [0.29, 0.717) is 5.56 Å². The highest BCUT2D eigenvalue weighted by Crippen LogP contribution is 2.16. The largest absolute Gasteiger partial charge is 0.408 e. The van der Waals surface area contributed by atoms with E-state index in [2.05, 4.69) is 20.7 Å². The summed E-state index contributed by atoms with van der Waals surface area (Å²) in [6.07, 6.45) is 0.861. The summed E-state index contributed by atoms with van der Waals surface area (Å²) >= 11 is 0. The Hall–Kier alpha value is -2.65. The minimum atomic E-state index is -4.34. The van der Waals surface area contributed by atoms with Crippen LogP contribution >= 0.6 is 0 Å². The molecule has 0 fully saturated rings. The zero-order chi connectivity index (χ0) is 15.5. The Bertz CT molecular complexity index is 657. The number of carbonyl (C=O) groups excluding carboxylic acids is 1. The number of carbonyl (C=O) groups is 1. The van der Waals surface area contributed by atoms with E-state index in [4.69, 9.17) is 0 Å². The molecule has 2 aromatic heterocycles. The lowest BCUT2D eigenvalue weighted by molar-refractivity contribution is -0.142. The van der Waals surface area contributed by atoms with Crippen molar-refractivity contribution in [2.24, 2.45) is 12.1 Å². The molecule has 0 aliphatic heterocycles. The first-order valence-corrected chi connectivity index (χ1v) is 5.76. The lowest BCUT2D eigenvalue weighted by Crippen LogP contribution is -2.18. The van der Waals surface area contributed by atoms with Crippen molar-refractivity contribution in [1.29, 1.82) is 0 Å². The van der Waals surface area contributed by atoms with Gasteiger partial charge >= 0.3 is 6.18 Å². The van der Waals surface area contributed by atoms with Crippen LogP contribution < -0.4 is 5.43 Å². The molecule has 0 atom stereocenters. The van der Waals surface area contributed by atoms with Crippen molar-refractivity contribution in [2.45, 2.75) is 12.7 Å². The van der Waals surface area contributed by atoms with Crippen molar-refractivity contribution >= 4 is 12.1 Å². The van der Waals surface area contributed by atoms with Crippen LogP contribution in [0.1, 0.15) is 16.1 Å². The van der Waals surface area contributed by atoms with Gasteiger partial charge in [-0.2, -0.15) is 28.5 Å². The molecule has 10 heteroatoms. The number of rotatable bonds is 4. The van der Waals surface area contributed by atoms with E-state index in [1.807, 2.05) is 0 Å². The Kier molecular flexibility index (Phi) is 4.05. The first kappa shape index (κ1) is 14.8. The van der Waals surface area contributed by atoms with Gasteiger partial charge in [-0.1, -0.05) is 0 Å². The topological polar surface area (TPSA) is 77.1 Å². The van der Waals surface area contributed by atoms with Gasteiger partial charge in [-0.25, -0.2) is 5.43 Å². The predicted octanol–water partition coefficient (Wildman–Crippen LogP) is 0.943. The Morgan fingerprint density at radius 1 is 1.52 bits per heavy atom. The molecule has 0 bridgehead atoms. The number of nitrogens with one attached hydrogen (secondary N) is 1. The van der Waals surface area contributed by atoms with Gasteiger partial charge in [0.2, 0.25) is 0 Å². The number of hydrazone groups is 1. The maximum absolute atomic E-state index is 12.1. The second-order valence-corrected chi connectivity index (χ2v) is 4.16. The molecule has 1 N–H and O–H groups in total. The van der Waals surface area contributed by atoms with Crippen LogP contribution in [-0.2, 0) is 13.6 Å². The lowest BCUT2D eigenvalue weighted by atomic mass is 10.3. The molecule has 0 aliphatic rings. The van der Waals surface area contributed by atoms with Gasteiger partial charge in [0, 0.05) is 19.4 Å². The van der Waals surface area contributed by atoms with Crippen LogP contribution in [-0.4, -0.2) is 37.9 Å². The Morgan fingerprint density at radius 2 is 2.29 bits per heavy atom. The Morgan fingerprint density at radius 3 is 2.90 bits per heavy atom. The molecule has 0 saturated carbocycles. The van der Waals surface area contributed by atoms with E-state index in [9.17, 15) is 18.0 Å². The summed E-state index contributed by atoms with van der Waals surface area (Å²) in [6.45, 7) is -1.18. The molecular formula is C11H11F3N6O. The molecule has 2 rings (SSSR count). The Labute approximate surface area is 117 Å². The fraction of sp³-hybridized carbons (Fsp3) is 0.273. The number of hydrogen-bond donors (Lipinski definition) is 1. The summed E-state index contributed by atoms with van der Waals surface area (Å²) < 4.78 is 38.6. The van der Waals surface area contributed by atoms with Gasteiger partial charge in [-0.15, -0.1) is 0 Å².